The molecule has 7 nitrogen and oxygen atoms in total. The normalized spacial score (nSPS) is 18.6. The minimum absolute atomic E-state index is 0.0202. The van der Waals surface area contributed by atoms with Crippen molar-refractivity contribution in [1.29, 1.82) is 0 Å². The van der Waals surface area contributed by atoms with Gasteiger partial charge in [0.25, 0.3) is 5.91 Å². The second-order valence-corrected chi connectivity index (χ2v) is 10.5. The van der Waals surface area contributed by atoms with Crippen molar-refractivity contribution < 1.29 is 14.3 Å². The number of benzene rings is 1. The van der Waals surface area contributed by atoms with E-state index >= 15 is 0 Å². The molecule has 2 amide bonds. The summed E-state index contributed by atoms with van der Waals surface area (Å²) in [6.45, 7) is 6.34. The molecule has 2 fully saturated rings. The lowest BCUT2D eigenvalue weighted by molar-refractivity contribution is -0.134. The fourth-order valence-corrected chi connectivity index (χ4v) is 5.84. The van der Waals surface area contributed by atoms with Gasteiger partial charge in [-0.2, -0.15) is 0 Å². The minimum Gasteiger partial charge on any atom is -0.379 e. The van der Waals surface area contributed by atoms with Crippen LogP contribution in [-0.2, 0) is 16.0 Å². The molecule has 2 aliphatic heterocycles. The van der Waals surface area contributed by atoms with Gasteiger partial charge in [0.05, 0.1) is 18.1 Å². The molecule has 0 saturated carbocycles. The molecule has 186 valence electrons. The van der Waals surface area contributed by atoms with Gasteiger partial charge in [0.15, 0.2) is 0 Å². The van der Waals surface area contributed by atoms with Crippen LogP contribution in [-0.4, -0.2) is 78.6 Å². The molecular weight excluding hydrogens is 460 g/mol. The summed E-state index contributed by atoms with van der Waals surface area (Å²) in [5.74, 6) is 0.486. The number of aromatic nitrogens is 1. The SMILES string of the molecule is O=C(NC(Cc1c[nH]c2ccccc12)C(=O)N1CCC(CCN2CCOCC2)CC1)c1cccs1. The van der Waals surface area contributed by atoms with E-state index in [1.807, 2.05) is 40.7 Å². The number of aromatic amines is 1. The van der Waals surface area contributed by atoms with Gasteiger partial charge in [0, 0.05) is 49.7 Å². The van der Waals surface area contributed by atoms with Crippen molar-refractivity contribution in [3.63, 3.8) is 0 Å². The molecule has 0 bridgehead atoms. The summed E-state index contributed by atoms with van der Waals surface area (Å²) in [5, 5.41) is 6.02. The van der Waals surface area contributed by atoms with E-state index in [1.165, 1.54) is 17.8 Å². The Morgan fingerprint density at radius 2 is 1.89 bits per heavy atom. The molecule has 0 radical (unpaired) electrons. The van der Waals surface area contributed by atoms with Gasteiger partial charge in [-0.25, -0.2) is 0 Å². The van der Waals surface area contributed by atoms with Gasteiger partial charge in [-0.05, 0) is 54.8 Å². The number of carbonyl (C=O) groups excluding carboxylic acids is 2. The third kappa shape index (κ3) is 5.94. The number of thiophene rings is 1. The first kappa shape index (κ1) is 24.0. The van der Waals surface area contributed by atoms with E-state index in [0.717, 1.165) is 75.2 Å². The standard InChI is InChI=1S/C27H34N4O3S/c32-26(25-6-3-17-35-25)29-24(18-21-19-28-23-5-2-1-4-22(21)23)27(33)31-11-8-20(9-12-31)7-10-30-13-15-34-16-14-30/h1-6,17,19-20,24,28H,7-16,18H2,(H,29,32). The van der Waals surface area contributed by atoms with Crippen LogP contribution in [0.25, 0.3) is 10.9 Å². The van der Waals surface area contributed by atoms with Crippen molar-refractivity contribution in [2.75, 3.05) is 45.9 Å². The van der Waals surface area contributed by atoms with Crippen LogP contribution in [0.3, 0.4) is 0 Å². The number of H-pyrrole nitrogens is 1. The lowest BCUT2D eigenvalue weighted by Gasteiger charge is -2.35. The van der Waals surface area contributed by atoms with Crippen molar-refractivity contribution in [1.82, 2.24) is 20.1 Å². The Morgan fingerprint density at radius 1 is 1.09 bits per heavy atom. The molecule has 0 spiro atoms. The first-order chi connectivity index (χ1) is 17.2. The van der Waals surface area contributed by atoms with Crippen molar-refractivity contribution in [2.45, 2.75) is 31.7 Å². The molecule has 1 atom stereocenters. The highest BCUT2D eigenvalue weighted by Crippen LogP contribution is 2.24. The van der Waals surface area contributed by atoms with Crippen LogP contribution in [0.2, 0.25) is 0 Å². The van der Waals surface area contributed by atoms with Crippen molar-refractivity contribution in [3.05, 3.63) is 58.4 Å². The number of para-hydroxylation sites is 1. The molecular formula is C27H34N4O3S. The number of nitrogens with zero attached hydrogens (tertiary/aromatic N) is 2. The molecule has 4 heterocycles. The summed E-state index contributed by atoms with van der Waals surface area (Å²) in [5.41, 5.74) is 2.09. The van der Waals surface area contributed by atoms with E-state index < -0.39 is 6.04 Å². The average Bonchev–Trinajstić information content (AvgIpc) is 3.59. The molecule has 3 aromatic rings. The van der Waals surface area contributed by atoms with Gasteiger partial charge in [0.1, 0.15) is 6.04 Å². The number of ether oxygens (including phenoxy) is 1. The Bertz CT molecular complexity index is 1110. The Hall–Kier alpha value is -2.68. The maximum atomic E-state index is 13.7. The quantitative estimate of drug-likeness (QED) is 0.502. The Kier molecular flexibility index (Phi) is 7.81. The predicted molar refractivity (Wildman–Crippen MR) is 139 cm³/mol. The largest absolute Gasteiger partial charge is 0.379 e. The number of piperidine rings is 1. The van der Waals surface area contributed by atoms with E-state index in [4.69, 9.17) is 4.74 Å². The number of likely N-dealkylation sites (tertiary alicyclic amines) is 1. The summed E-state index contributed by atoms with van der Waals surface area (Å²) in [6, 6.07) is 11.2. The minimum atomic E-state index is -0.589. The summed E-state index contributed by atoms with van der Waals surface area (Å²) < 4.78 is 5.45. The van der Waals surface area contributed by atoms with Crippen LogP contribution in [0.15, 0.2) is 48.0 Å². The maximum Gasteiger partial charge on any atom is 0.262 e. The van der Waals surface area contributed by atoms with Crippen molar-refractivity contribution >= 4 is 34.1 Å². The molecule has 8 heteroatoms. The summed E-state index contributed by atoms with van der Waals surface area (Å²) in [6.07, 6.45) is 5.65. The third-order valence-corrected chi connectivity index (χ3v) is 8.20. The van der Waals surface area contributed by atoms with Crippen LogP contribution < -0.4 is 5.32 Å². The Labute approximate surface area is 210 Å². The number of morpholine rings is 1. The van der Waals surface area contributed by atoms with Gasteiger partial charge in [-0.1, -0.05) is 24.3 Å². The summed E-state index contributed by atoms with van der Waals surface area (Å²) in [7, 11) is 0. The number of carbonyl (C=O) groups is 2. The number of amides is 2. The molecule has 2 aromatic heterocycles. The second-order valence-electron chi connectivity index (χ2n) is 9.58. The van der Waals surface area contributed by atoms with Crippen LogP contribution >= 0.6 is 11.3 Å². The van der Waals surface area contributed by atoms with E-state index in [-0.39, 0.29) is 11.8 Å². The van der Waals surface area contributed by atoms with Crippen LogP contribution in [0.4, 0.5) is 0 Å². The fraction of sp³-hybridized carbons (Fsp3) is 0.481. The lowest BCUT2D eigenvalue weighted by atomic mass is 9.92. The Morgan fingerprint density at radius 3 is 2.66 bits per heavy atom. The summed E-state index contributed by atoms with van der Waals surface area (Å²) in [4.78, 5) is 34.9. The van der Waals surface area contributed by atoms with Crippen LogP contribution in [0.1, 0.15) is 34.5 Å². The smallest absolute Gasteiger partial charge is 0.262 e. The highest BCUT2D eigenvalue weighted by molar-refractivity contribution is 7.12. The highest BCUT2D eigenvalue weighted by atomic mass is 32.1. The topological polar surface area (TPSA) is 77.7 Å². The number of nitrogens with one attached hydrogen (secondary N) is 2. The van der Waals surface area contributed by atoms with E-state index in [0.29, 0.717) is 17.2 Å². The molecule has 2 saturated heterocycles. The second kappa shape index (κ2) is 11.4. The van der Waals surface area contributed by atoms with Crippen molar-refractivity contribution in [3.8, 4) is 0 Å². The van der Waals surface area contributed by atoms with Gasteiger partial charge in [0.2, 0.25) is 5.91 Å². The van der Waals surface area contributed by atoms with Crippen molar-refractivity contribution in [2.24, 2.45) is 5.92 Å². The lowest BCUT2D eigenvalue weighted by Crippen LogP contribution is -2.51. The number of fused-ring (bicyclic) bond motifs is 1. The molecule has 35 heavy (non-hydrogen) atoms. The number of hydrogen-bond donors (Lipinski definition) is 2. The molecule has 0 aliphatic carbocycles. The van der Waals surface area contributed by atoms with E-state index in [2.05, 4.69) is 21.3 Å². The maximum absolute atomic E-state index is 13.7. The molecule has 1 unspecified atom stereocenters. The van der Waals surface area contributed by atoms with Gasteiger partial charge < -0.3 is 19.9 Å². The van der Waals surface area contributed by atoms with E-state index in [1.54, 1.807) is 6.07 Å². The molecule has 5 rings (SSSR count). The average molecular weight is 495 g/mol. The predicted octanol–water partition coefficient (Wildman–Crippen LogP) is 3.53. The number of rotatable bonds is 8. The molecule has 2 N–H and O–H groups in total. The van der Waals surface area contributed by atoms with Crippen LogP contribution in [0, 0.1) is 5.92 Å². The molecule has 2 aliphatic rings. The number of hydrogen-bond acceptors (Lipinski definition) is 5. The zero-order chi connectivity index (χ0) is 24.0. The van der Waals surface area contributed by atoms with Gasteiger partial charge in [-0.3, -0.25) is 14.5 Å². The monoisotopic (exact) mass is 494 g/mol. The zero-order valence-electron chi connectivity index (χ0n) is 20.1. The first-order valence-electron chi connectivity index (χ1n) is 12.7. The highest BCUT2D eigenvalue weighted by Gasteiger charge is 2.30. The zero-order valence-corrected chi connectivity index (χ0v) is 20.9. The van der Waals surface area contributed by atoms with Gasteiger partial charge >= 0.3 is 0 Å². The third-order valence-electron chi connectivity index (χ3n) is 7.33. The van der Waals surface area contributed by atoms with E-state index in [9.17, 15) is 9.59 Å². The molecule has 1 aromatic carbocycles. The Balaban J connectivity index is 1.22. The van der Waals surface area contributed by atoms with Crippen LogP contribution in [0.5, 0.6) is 0 Å². The van der Waals surface area contributed by atoms with Gasteiger partial charge in [-0.15, -0.1) is 11.3 Å². The summed E-state index contributed by atoms with van der Waals surface area (Å²) >= 11 is 1.39. The first-order valence-corrected chi connectivity index (χ1v) is 13.5. The fourth-order valence-electron chi connectivity index (χ4n) is 5.21.